The fourth-order valence-electron chi connectivity index (χ4n) is 1.82. The fourth-order valence-corrected chi connectivity index (χ4v) is 4.33. The van der Waals surface area contributed by atoms with E-state index in [0.717, 1.165) is 17.6 Å². The van der Waals surface area contributed by atoms with Gasteiger partial charge in [0.1, 0.15) is 0 Å². The van der Waals surface area contributed by atoms with Gasteiger partial charge in [0.05, 0.1) is 4.90 Å². The first-order valence-electron chi connectivity index (χ1n) is 6.65. The molecular weight excluding hydrogens is 336 g/mol. The van der Waals surface area contributed by atoms with E-state index in [-0.39, 0.29) is 4.90 Å². The van der Waals surface area contributed by atoms with E-state index in [1.165, 1.54) is 0 Å². The lowest BCUT2D eigenvalue weighted by Gasteiger charge is -2.22. The second-order valence-electron chi connectivity index (χ2n) is 4.35. The Balaban J connectivity index is 2.06. The van der Waals surface area contributed by atoms with E-state index in [4.69, 9.17) is 12.2 Å². The van der Waals surface area contributed by atoms with Crippen molar-refractivity contribution in [3.05, 3.63) is 60.7 Å². The molecule has 0 aliphatic carbocycles. The summed E-state index contributed by atoms with van der Waals surface area (Å²) in [5, 5.41) is 0. The molecule has 0 aromatic heterocycles. The van der Waals surface area contributed by atoms with E-state index >= 15 is 0 Å². The number of anilines is 1. The summed E-state index contributed by atoms with van der Waals surface area (Å²) in [4.78, 5) is 2.08. The van der Waals surface area contributed by atoms with Crippen molar-refractivity contribution in [2.24, 2.45) is 0 Å². The van der Waals surface area contributed by atoms with Crippen molar-refractivity contribution in [2.75, 3.05) is 11.4 Å². The van der Waals surface area contributed by atoms with Gasteiger partial charge in [0, 0.05) is 24.2 Å². The van der Waals surface area contributed by atoms with Gasteiger partial charge < -0.3 is 4.90 Å². The molecule has 0 saturated carbocycles. The minimum absolute atomic E-state index is 0.216. The minimum atomic E-state index is -3.58. The Bertz CT molecular complexity index is 719. The number of para-hydroxylation sites is 1. The maximum atomic E-state index is 12.2. The second kappa shape index (κ2) is 7.73. The fraction of sp³-hybridized carbons (Fsp3) is 0.133. The van der Waals surface area contributed by atoms with Crippen molar-refractivity contribution >= 4 is 44.2 Å². The molecule has 0 aliphatic rings. The summed E-state index contributed by atoms with van der Waals surface area (Å²) in [5.74, 6) is 0. The van der Waals surface area contributed by atoms with Crippen LogP contribution in [0.2, 0.25) is 0 Å². The number of rotatable bonds is 5. The van der Waals surface area contributed by atoms with Crippen molar-refractivity contribution in [3.8, 4) is 0 Å². The molecule has 116 valence electrons. The van der Waals surface area contributed by atoms with E-state index in [1.54, 1.807) is 30.3 Å². The summed E-state index contributed by atoms with van der Waals surface area (Å²) in [6.45, 7) is 2.62. The molecule has 1 N–H and O–H groups in total. The van der Waals surface area contributed by atoms with Gasteiger partial charge in [-0.3, -0.25) is 0 Å². The van der Waals surface area contributed by atoms with Crippen LogP contribution in [0.4, 0.5) is 5.69 Å². The lowest BCUT2D eigenvalue weighted by atomic mass is 10.3. The Hall–Kier alpha value is -1.41. The van der Waals surface area contributed by atoms with Crippen LogP contribution >= 0.6 is 24.2 Å². The van der Waals surface area contributed by atoms with E-state index in [2.05, 4.69) is 4.13 Å². The number of benzene rings is 2. The highest BCUT2D eigenvalue weighted by molar-refractivity contribution is 8.26. The van der Waals surface area contributed by atoms with Gasteiger partial charge in [0.25, 0.3) is 0 Å². The van der Waals surface area contributed by atoms with Gasteiger partial charge >= 0.3 is 0 Å². The monoisotopic (exact) mass is 352 g/mol. The molecule has 0 bridgehead atoms. The van der Waals surface area contributed by atoms with Crippen molar-refractivity contribution in [1.29, 1.82) is 0 Å². The van der Waals surface area contributed by atoms with Crippen LogP contribution in [0.15, 0.2) is 65.6 Å². The zero-order valence-electron chi connectivity index (χ0n) is 12.0. The number of nitrogens with zero attached hydrogens (tertiary/aromatic N) is 1. The lowest BCUT2D eigenvalue weighted by molar-refractivity contribution is 0.594. The summed E-state index contributed by atoms with van der Waals surface area (Å²) < 4.78 is 27.3. The first-order chi connectivity index (χ1) is 10.5. The zero-order chi connectivity index (χ0) is 16.0. The molecule has 0 atom stereocenters. The molecule has 0 fully saturated rings. The maximum absolute atomic E-state index is 12.2. The van der Waals surface area contributed by atoms with Gasteiger partial charge in [0.2, 0.25) is 10.0 Å². The second-order valence-corrected chi connectivity index (χ2v) is 7.73. The van der Waals surface area contributed by atoms with Gasteiger partial charge in [-0.05, 0) is 31.2 Å². The number of thiocarbonyl (C=S) groups is 1. The van der Waals surface area contributed by atoms with E-state index in [9.17, 15) is 8.42 Å². The Morgan fingerprint density at radius 3 is 2.18 bits per heavy atom. The third-order valence-electron chi connectivity index (χ3n) is 2.90. The van der Waals surface area contributed by atoms with Crippen molar-refractivity contribution in [1.82, 2.24) is 4.13 Å². The molecule has 7 heteroatoms. The molecule has 2 aromatic rings. The van der Waals surface area contributed by atoms with Crippen molar-refractivity contribution < 1.29 is 8.42 Å². The predicted octanol–water partition coefficient (Wildman–Crippen LogP) is 3.42. The molecular formula is C15H16N2O2S3. The summed E-state index contributed by atoms with van der Waals surface area (Å²) in [5.41, 5.74) is 0.932. The standard InChI is InChI=1S/C15H16N2O2S3/c1-2-17(13-9-5-3-6-10-13)15(20)21-16-22(18,19)14-11-7-4-8-12-14/h3-12,16H,2H2,1H3. The number of hydrogen-bond acceptors (Lipinski definition) is 4. The van der Waals surface area contributed by atoms with Crippen LogP contribution in [-0.4, -0.2) is 19.3 Å². The predicted molar refractivity (Wildman–Crippen MR) is 96.4 cm³/mol. The van der Waals surface area contributed by atoms with Gasteiger partial charge in [-0.25, -0.2) is 8.42 Å². The Kier molecular flexibility index (Phi) is 5.96. The van der Waals surface area contributed by atoms with Crippen LogP contribution in [0.1, 0.15) is 6.92 Å². The quantitative estimate of drug-likeness (QED) is 0.660. The molecule has 2 aromatic carbocycles. The van der Waals surface area contributed by atoms with Crippen LogP contribution in [0.5, 0.6) is 0 Å². The third-order valence-corrected chi connectivity index (χ3v) is 5.87. The first kappa shape index (κ1) is 17.0. The summed E-state index contributed by atoms with van der Waals surface area (Å²) in [7, 11) is -3.58. The highest BCUT2D eigenvalue weighted by Crippen LogP contribution is 2.19. The lowest BCUT2D eigenvalue weighted by Crippen LogP contribution is -2.30. The van der Waals surface area contributed by atoms with Crippen molar-refractivity contribution in [2.45, 2.75) is 11.8 Å². The highest BCUT2D eigenvalue weighted by atomic mass is 32.3. The van der Waals surface area contributed by atoms with Crippen LogP contribution in [-0.2, 0) is 10.0 Å². The molecule has 2 rings (SSSR count). The van der Waals surface area contributed by atoms with Gasteiger partial charge in [-0.2, -0.15) is 0 Å². The summed E-state index contributed by atoms with van der Waals surface area (Å²) in [6.07, 6.45) is 0. The molecule has 0 saturated heterocycles. The average Bonchev–Trinajstić information content (AvgIpc) is 2.56. The molecule has 0 unspecified atom stereocenters. The molecule has 22 heavy (non-hydrogen) atoms. The Morgan fingerprint density at radius 2 is 1.64 bits per heavy atom. The topological polar surface area (TPSA) is 49.4 Å². The van der Waals surface area contributed by atoms with E-state index in [1.807, 2.05) is 42.2 Å². The normalized spacial score (nSPS) is 11.1. The zero-order valence-corrected chi connectivity index (χ0v) is 14.4. The summed E-state index contributed by atoms with van der Waals surface area (Å²) in [6, 6.07) is 17.8. The van der Waals surface area contributed by atoms with Gasteiger partial charge in [-0.1, -0.05) is 48.6 Å². The van der Waals surface area contributed by atoms with Gasteiger partial charge in [-0.15, -0.1) is 4.13 Å². The van der Waals surface area contributed by atoms with Crippen LogP contribution in [0, 0.1) is 0 Å². The first-order valence-corrected chi connectivity index (χ1v) is 9.35. The average molecular weight is 353 g/mol. The Morgan fingerprint density at radius 1 is 1.09 bits per heavy atom. The number of sulfonamides is 1. The maximum Gasteiger partial charge on any atom is 0.250 e. The highest BCUT2D eigenvalue weighted by Gasteiger charge is 2.17. The molecule has 0 aliphatic heterocycles. The molecule has 4 nitrogen and oxygen atoms in total. The molecule has 0 spiro atoms. The van der Waals surface area contributed by atoms with E-state index < -0.39 is 10.0 Å². The molecule has 0 heterocycles. The smallest absolute Gasteiger partial charge is 0.250 e. The van der Waals surface area contributed by atoms with Crippen LogP contribution in [0.25, 0.3) is 0 Å². The molecule has 0 amide bonds. The number of nitrogens with one attached hydrogen (secondary N) is 1. The van der Waals surface area contributed by atoms with Gasteiger partial charge in [0.15, 0.2) is 4.32 Å². The third kappa shape index (κ3) is 4.30. The minimum Gasteiger partial charge on any atom is -0.327 e. The number of hydrogen-bond donors (Lipinski definition) is 1. The van der Waals surface area contributed by atoms with Crippen LogP contribution in [0.3, 0.4) is 0 Å². The van der Waals surface area contributed by atoms with Crippen molar-refractivity contribution in [3.63, 3.8) is 0 Å². The SMILES string of the molecule is CCN(C(=S)SNS(=O)(=O)c1ccccc1)c1ccccc1. The van der Waals surface area contributed by atoms with E-state index in [0.29, 0.717) is 10.9 Å². The summed E-state index contributed by atoms with van der Waals surface area (Å²) >= 11 is 6.26. The Labute approximate surface area is 140 Å². The van der Waals surface area contributed by atoms with Crippen LogP contribution < -0.4 is 9.03 Å². The largest absolute Gasteiger partial charge is 0.327 e. The molecule has 0 radical (unpaired) electrons.